The van der Waals surface area contributed by atoms with Crippen LogP contribution in [0.5, 0.6) is 5.75 Å². The Morgan fingerprint density at radius 3 is 2.73 bits per heavy atom. The first-order valence-corrected chi connectivity index (χ1v) is 11.1. The minimum atomic E-state index is -0.275. The zero-order valence-corrected chi connectivity index (χ0v) is 18.7. The lowest BCUT2D eigenvalue weighted by Crippen LogP contribution is -2.52. The van der Waals surface area contributed by atoms with Crippen molar-refractivity contribution in [3.05, 3.63) is 83.4 Å². The molecule has 170 valence electrons. The zero-order valence-electron chi connectivity index (χ0n) is 18.7. The molecule has 5 rings (SSSR count). The minimum absolute atomic E-state index is 0.0276. The van der Waals surface area contributed by atoms with Gasteiger partial charge in [-0.15, -0.1) is 0 Å². The number of imidazole rings is 1. The van der Waals surface area contributed by atoms with E-state index in [-0.39, 0.29) is 23.8 Å². The highest BCUT2D eigenvalue weighted by Crippen LogP contribution is 2.38. The van der Waals surface area contributed by atoms with Crippen molar-refractivity contribution in [3.63, 3.8) is 0 Å². The Balaban J connectivity index is 1.44. The number of piperidine rings is 1. The molecule has 2 aliphatic rings. The second kappa shape index (κ2) is 8.73. The van der Waals surface area contributed by atoms with Crippen LogP contribution in [-0.4, -0.2) is 40.1 Å². The molecule has 1 aromatic heterocycles. The minimum Gasteiger partial charge on any atom is -0.495 e. The Hall–Kier alpha value is -3.61. The van der Waals surface area contributed by atoms with E-state index in [1.54, 1.807) is 31.6 Å². The van der Waals surface area contributed by atoms with Crippen LogP contribution in [0, 0.1) is 12.7 Å². The number of fused-ring (bicyclic) bond motifs is 1. The van der Waals surface area contributed by atoms with Gasteiger partial charge in [0.25, 0.3) is 5.91 Å². The van der Waals surface area contributed by atoms with Gasteiger partial charge in [-0.3, -0.25) is 4.79 Å². The molecule has 2 saturated heterocycles. The normalized spacial score (nSPS) is 21.6. The maximum absolute atomic E-state index is 13.5. The SMILES string of the molecule is COc1cc(/C=C2\OC[C@@H]3CCC[C@H](c4ccc(F)cc4)N3C2=O)ccc1-n1cnc(C)c1. The van der Waals surface area contributed by atoms with Crippen LogP contribution in [0.2, 0.25) is 0 Å². The zero-order chi connectivity index (χ0) is 22.9. The number of carbonyl (C=O) groups is 1. The number of ether oxygens (including phenoxy) is 2. The third-order valence-corrected chi connectivity index (χ3v) is 6.37. The number of aromatic nitrogens is 2. The van der Waals surface area contributed by atoms with Crippen molar-refractivity contribution in [1.29, 1.82) is 0 Å². The van der Waals surface area contributed by atoms with E-state index in [0.29, 0.717) is 18.1 Å². The number of carbonyl (C=O) groups excluding carboxylic acids is 1. The van der Waals surface area contributed by atoms with Crippen LogP contribution in [0.15, 0.2) is 60.7 Å². The average molecular weight is 448 g/mol. The number of hydrogen-bond donors (Lipinski definition) is 0. The van der Waals surface area contributed by atoms with Crippen LogP contribution in [0.4, 0.5) is 4.39 Å². The number of amides is 1. The highest BCUT2D eigenvalue weighted by molar-refractivity contribution is 5.97. The fraction of sp³-hybridized carbons (Fsp3) is 0.308. The molecule has 6 nitrogen and oxygen atoms in total. The van der Waals surface area contributed by atoms with E-state index in [0.717, 1.165) is 41.8 Å². The van der Waals surface area contributed by atoms with E-state index in [4.69, 9.17) is 9.47 Å². The number of halogens is 1. The van der Waals surface area contributed by atoms with Crippen molar-refractivity contribution in [2.75, 3.05) is 13.7 Å². The molecule has 3 aromatic rings. The summed E-state index contributed by atoms with van der Waals surface area (Å²) in [5.74, 6) is 0.579. The first kappa shape index (κ1) is 21.2. The molecule has 3 heterocycles. The predicted molar refractivity (Wildman–Crippen MR) is 122 cm³/mol. The molecule has 2 aliphatic heterocycles. The summed E-state index contributed by atoms with van der Waals surface area (Å²) in [6.07, 6.45) is 8.20. The largest absolute Gasteiger partial charge is 0.495 e. The number of aryl methyl sites for hydroxylation is 1. The molecular weight excluding hydrogens is 421 g/mol. The smallest absolute Gasteiger partial charge is 0.289 e. The molecule has 0 N–H and O–H groups in total. The lowest BCUT2D eigenvalue weighted by atomic mass is 9.90. The van der Waals surface area contributed by atoms with E-state index in [1.165, 1.54) is 12.1 Å². The summed E-state index contributed by atoms with van der Waals surface area (Å²) in [5, 5.41) is 0. The van der Waals surface area contributed by atoms with E-state index in [1.807, 2.05) is 40.8 Å². The molecular formula is C26H26FN3O3. The Bertz CT molecular complexity index is 1200. The first-order chi connectivity index (χ1) is 16.0. The second-order valence-corrected chi connectivity index (χ2v) is 8.54. The molecule has 0 aliphatic carbocycles. The molecule has 1 amide bonds. The number of benzene rings is 2. The number of rotatable bonds is 4. The second-order valence-electron chi connectivity index (χ2n) is 8.54. The van der Waals surface area contributed by atoms with Crippen molar-refractivity contribution in [1.82, 2.24) is 14.5 Å². The summed E-state index contributed by atoms with van der Waals surface area (Å²) in [6.45, 7) is 2.39. The molecule has 2 atom stereocenters. The lowest BCUT2D eigenvalue weighted by molar-refractivity contribution is -0.146. The fourth-order valence-electron chi connectivity index (χ4n) is 4.74. The summed E-state index contributed by atoms with van der Waals surface area (Å²) < 4.78 is 26.8. The molecule has 0 saturated carbocycles. The molecule has 2 aromatic carbocycles. The summed E-state index contributed by atoms with van der Waals surface area (Å²) in [5.41, 5.74) is 3.54. The fourth-order valence-corrected chi connectivity index (χ4v) is 4.74. The molecule has 33 heavy (non-hydrogen) atoms. The lowest BCUT2D eigenvalue weighted by Gasteiger charge is -2.45. The Morgan fingerprint density at radius 1 is 1.18 bits per heavy atom. The molecule has 0 spiro atoms. The Labute approximate surface area is 192 Å². The van der Waals surface area contributed by atoms with E-state index in [2.05, 4.69) is 4.98 Å². The van der Waals surface area contributed by atoms with Gasteiger partial charge >= 0.3 is 0 Å². The van der Waals surface area contributed by atoms with Gasteiger partial charge in [0.2, 0.25) is 0 Å². The molecule has 0 bridgehead atoms. The van der Waals surface area contributed by atoms with Crippen molar-refractivity contribution in [2.45, 2.75) is 38.3 Å². The molecule has 2 fully saturated rings. The maximum atomic E-state index is 13.5. The predicted octanol–water partition coefficient (Wildman–Crippen LogP) is 4.82. The van der Waals surface area contributed by atoms with Crippen LogP contribution >= 0.6 is 0 Å². The van der Waals surface area contributed by atoms with Crippen molar-refractivity contribution < 1.29 is 18.7 Å². The highest BCUT2D eigenvalue weighted by atomic mass is 19.1. The van der Waals surface area contributed by atoms with Crippen LogP contribution < -0.4 is 4.74 Å². The molecule has 0 radical (unpaired) electrons. The van der Waals surface area contributed by atoms with Gasteiger partial charge in [0.15, 0.2) is 5.76 Å². The van der Waals surface area contributed by atoms with Gasteiger partial charge in [-0.05, 0) is 67.7 Å². The van der Waals surface area contributed by atoms with Crippen molar-refractivity contribution in [2.24, 2.45) is 0 Å². The van der Waals surface area contributed by atoms with Crippen LogP contribution in [0.1, 0.15) is 42.1 Å². The van der Waals surface area contributed by atoms with E-state index < -0.39 is 0 Å². The van der Waals surface area contributed by atoms with Gasteiger partial charge in [0.1, 0.15) is 18.2 Å². The molecule has 0 unspecified atom stereocenters. The van der Waals surface area contributed by atoms with Gasteiger partial charge in [0.05, 0.1) is 36.9 Å². The monoisotopic (exact) mass is 447 g/mol. The summed E-state index contributed by atoms with van der Waals surface area (Å²) in [6, 6.07) is 12.2. The van der Waals surface area contributed by atoms with Crippen molar-refractivity contribution in [3.8, 4) is 11.4 Å². The third-order valence-electron chi connectivity index (χ3n) is 6.37. The van der Waals surface area contributed by atoms with Gasteiger partial charge < -0.3 is 18.9 Å². The van der Waals surface area contributed by atoms with Gasteiger partial charge in [0, 0.05) is 6.20 Å². The van der Waals surface area contributed by atoms with Crippen LogP contribution in [-0.2, 0) is 9.53 Å². The summed E-state index contributed by atoms with van der Waals surface area (Å²) >= 11 is 0. The number of methoxy groups -OCH3 is 1. The van der Waals surface area contributed by atoms with E-state index >= 15 is 0 Å². The Kier molecular flexibility index (Phi) is 5.62. The van der Waals surface area contributed by atoms with E-state index in [9.17, 15) is 9.18 Å². The summed E-state index contributed by atoms with van der Waals surface area (Å²) in [7, 11) is 1.62. The first-order valence-electron chi connectivity index (χ1n) is 11.1. The highest BCUT2D eigenvalue weighted by Gasteiger charge is 2.40. The number of morpholine rings is 1. The van der Waals surface area contributed by atoms with Gasteiger partial charge in [-0.2, -0.15) is 0 Å². The Morgan fingerprint density at radius 2 is 2.00 bits per heavy atom. The topological polar surface area (TPSA) is 56.6 Å². The van der Waals surface area contributed by atoms with Gasteiger partial charge in [-0.25, -0.2) is 9.37 Å². The number of hydrogen-bond acceptors (Lipinski definition) is 4. The van der Waals surface area contributed by atoms with Gasteiger partial charge in [-0.1, -0.05) is 18.2 Å². The van der Waals surface area contributed by atoms with Crippen LogP contribution in [0.25, 0.3) is 11.8 Å². The quantitative estimate of drug-likeness (QED) is 0.538. The third kappa shape index (κ3) is 4.11. The molecule has 7 heteroatoms. The van der Waals surface area contributed by atoms with Crippen molar-refractivity contribution >= 4 is 12.0 Å². The summed E-state index contributed by atoms with van der Waals surface area (Å²) in [4.78, 5) is 19.7. The number of nitrogens with zero attached hydrogens (tertiary/aromatic N) is 3. The average Bonchev–Trinajstić information content (AvgIpc) is 3.27. The van der Waals surface area contributed by atoms with Crippen LogP contribution in [0.3, 0.4) is 0 Å². The maximum Gasteiger partial charge on any atom is 0.289 e. The standard InChI is InChI=1S/C26H26FN3O3/c1-17-14-29(16-28-17)23-11-6-18(12-24(23)32-2)13-25-26(31)30-21(15-33-25)4-3-5-22(30)19-7-9-20(27)10-8-19/h6-14,16,21-22H,3-5,15H2,1-2H3/b25-13-/t21-,22+/m0/s1.